The maximum atomic E-state index is 5.72. The Morgan fingerprint density at radius 1 is 1.29 bits per heavy atom. The molecular weight excluding hydrogens is 325 g/mol. The number of rotatable bonds is 6. The Hall–Kier alpha value is 0. The predicted molar refractivity (Wildman–Crippen MR) is 86.0 cm³/mol. The lowest BCUT2D eigenvalue weighted by atomic mass is 10.0. The largest absolute Gasteiger partial charge is 0.370 e. The molecule has 1 fully saturated rings. The van der Waals surface area contributed by atoms with Gasteiger partial charge in [-0.15, -0.1) is 24.0 Å². The van der Waals surface area contributed by atoms with Crippen molar-refractivity contribution < 1.29 is 0 Å². The number of nitrogens with zero attached hydrogens (tertiary/aromatic N) is 1. The summed E-state index contributed by atoms with van der Waals surface area (Å²) in [6, 6.07) is 0.377. The Morgan fingerprint density at radius 2 is 1.94 bits per heavy atom. The SMILES string of the molecule is CC(C)NC(N)=NCCCCC1CCCC1.I. The van der Waals surface area contributed by atoms with Gasteiger partial charge >= 0.3 is 0 Å². The van der Waals surface area contributed by atoms with E-state index in [0.717, 1.165) is 12.5 Å². The first-order valence-electron chi connectivity index (χ1n) is 6.75. The molecule has 1 aliphatic carbocycles. The van der Waals surface area contributed by atoms with Crippen molar-refractivity contribution >= 4 is 29.9 Å². The van der Waals surface area contributed by atoms with E-state index in [1.807, 2.05) is 0 Å². The maximum Gasteiger partial charge on any atom is 0.188 e. The third kappa shape index (κ3) is 8.69. The number of aliphatic imine (C=N–C) groups is 1. The fraction of sp³-hybridized carbons (Fsp3) is 0.923. The van der Waals surface area contributed by atoms with Crippen molar-refractivity contribution in [3.05, 3.63) is 0 Å². The molecule has 1 rings (SSSR count). The van der Waals surface area contributed by atoms with Gasteiger partial charge in [-0.1, -0.05) is 38.5 Å². The number of halogens is 1. The smallest absolute Gasteiger partial charge is 0.188 e. The molecule has 0 atom stereocenters. The van der Waals surface area contributed by atoms with Crippen LogP contribution in [0.4, 0.5) is 0 Å². The van der Waals surface area contributed by atoms with Gasteiger partial charge in [0.05, 0.1) is 0 Å². The van der Waals surface area contributed by atoms with E-state index in [1.54, 1.807) is 0 Å². The molecule has 4 heteroatoms. The van der Waals surface area contributed by atoms with Crippen molar-refractivity contribution in [1.29, 1.82) is 0 Å². The molecule has 1 saturated carbocycles. The molecule has 0 aromatic rings. The van der Waals surface area contributed by atoms with E-state index in [4.69, 9.17) is 5.73 Å². The molecule has 0 unspecified atom stereocenters. The average molecular weight is 353 g/mol. The molecule has 0 amide bonds. The molecule has 1 aliphatic rings. The molecule has 0 heterocycles. The van der Waals surface area contributed by atoms with Crippen molar-refractivity contribution in [3.8, 4) is 0 Å². The summed E-state index contributed by atoms with van der Waals surface area (Å²) >= 11 is 0. The van der Waals surface area contributed by atoms with Crippen LogP contribution in [0.1, 0.15) is 58.8 Å². The van der Waals surface area contributed by atoms with E-state index < -0.39 is 0 Å². The summed E-state index contributed by atoms with van der Waals surface area (Å²) < 4.78 is 0. The molecule has 0 aromatic heterocycles. The molecule has 3 nitrogen and oxygen atoms in total. The summed E-state index contributed by atoms with van der Waals surface area (Å²) in [5.74, 6) is 1.60. The Kier molecular flexibility index (Phi) is 9.97. The lowest BCUT2D eigenvalue weighted by Crippen LogP contribution is -2.36. The number of hydrogen-bond donors (Lipinski definition) is 2. The molecule has 0 aliphatic heterocycles. The van der Waals surface area contributed by atoms with Crippen LogP contribution < -0.4 is 11.1 Å². The second kappa shape index (κ2) is 9.97. The molecule has 0 bridgehead atoms. The van der Waals surface area contributed by atoms with Crippen molar-refractivity contribution in [1.82, 2.24) is 5.32 Å². The van der Waals surface area contributed by atoms with Crippen molar-refractivity contribution in [3.63, 3.8) is 0 Å². The van der Waals surface area contributed by atoms with Gasteiger partial charge in [-0.25, -0.2) is 0 Å². The monoisotopic (exact) mass is 353 g/mol. The van der Waals surface area contributed by atoms with E-state index in [9.17, 15) is 0 Å². The highest BCUT2D eigenvalue weighted by atomic mass is 127. The van der Waals surface area contributed by atoms with Gasteiger partial charge < -0.3 is 11.1 Å². The van der Waals surface area contributed by atoms with Gasteiger partial charge in [0.15, 0.2) is 5.96 Å². The second-order valence-electron chi connectivity index (χ2n) is 5.21. The zero-order chi connectivity index (χ0) is 11.8. The third-order valence-corrected chi connectivity index (χ3v) is 3.21. The van der Waals surface area contributed by atoms with Gasteiger partial charge in [0.25, 0.3) is 0 Å². The Labute approximate surface area is 123 Å². The summed E-state index contributed by atoms with van der Waals surface area (Å²) in [6.45, 7) is 5.02. The highest BCUT2D eigenvalue weighted by Crippen LogP contribution is 2.28. The Bertz CT molecular complexity index is 211. The van der Waals surface area contributed by atoms with E-state index in [0.29, 0.717) is 12.0 Å². The number of nitrogens with two attached hydrogens (primary N) is 1. The zero-order valence-corrected chi connectivity index (χ0v) is 13.6. The van der Waals surface area contributed by atoms with Crippen LogP contribution >= 0.6 is 24.0 Å². The molecule has 3 N–H and O–H groups in total. The van der Waals surface area contributed by atoms with Crippen LogP contribution in [0.15, 0.2) is 4.99 Å². The molecule has 0 spiro atoms. The standard InChI is InChI=1S/C13H27N3.HI/c1-11(2)16-13(14)15-10-6-5-9-12-7-3-4-8-12;/h11-12H,3-10H2,1-2H3,(H3,14,15,16);1H. The van der Waals surface area contributed by atoms with Gasteiger partial charge in [-0.3, -0.25) is 4.99 Å². The van der Waals surface area contributed by atoms with E-state index in [-0.39, 0.29) is 24.0 Å². The Balaban J connectivity index is 0.00000256. The molecule has 0 saturated heterocycles. The number of unbranched alkanes of at least 4 members (excludes halogenated alkanes) is 1. The molecule has 0 aromatic carbocycles. The fourth-order valence-corrected chi connectivity index (χ4v) is 2.38. The van der Waals surface area contributed by atoms with Crippen molar-refractivity contribution in [2.45, 2.75) is 64.8 Å². The fourth-order valence-electron chi connectivity index (χ4n) is 2.38. The lowest BCUT2D eigenvalue weighted by Gasteiger charge is -2.09. The summed E-state index contributed by atoms with van der Waals surface area (Å²) in [7, 11) is 0. The van der Waals surface area contributed by atoms with Crippen molar-refractivity contribution in [2.24, 2.45) is 16.6 Å². The average Bonchev–Trinajstić information content (AvgIpc) is 2.68. The first kappa shape index (κ1) is 17.0. The van der Waals surface area contributed by atoms with Gasteiger partial charge in [-0.2, -0.15) is 0 Å². The predicted octanol–water partition coefficient (Wildman–Crippen LogP) is 3.28. The van der Waals surface area contributed by atoms with Crippen molar-refractivity contribution in [2.75, 3.05) is 6.54 Å². The summed E-state index contributed by atoms with van der Waals surface area (Å²) in [4.78, 5) is 4.31. The van der Waals surface area contributed by atoms with Crippen LogP contribution in [0.25, 0.3) is 0 Å². The second-order valence-corrected chi connectivity index (χ2v) is 5.21. The van der Waals surface area contributed by atoms with Gasteiger partial charge in [0.1, 0.15) is 0 Å². The van der Waals surface area contributed by atoms with Crippen LogP contribution in [0, 0.1) is 5.92 Å². The van der Waals surface area contributed by atoms with Gasteiger partial charge in [0.2, 0.25) is 0 Å². The minimum Gasteiger partial charge on any atom is -0.370 e. The first-order valence-corrected chi connectivity index (χ1v) is 6.75. The maximum absolute atomic E-state index is 5.72. The highest BCUT2D eigenvalue weighted by Gasteiger charge is 2.13. The van der Waals surface area contributed by atoms with E-state index >= 15 is 0 Å². The summed E-state index contributed by atoms with van der Waals surface area (Å²) in [5, 5.41) is 3.10. The van der Waals surface area contributed by atoms with E-state index in [1.165, 1.54) is 44.9 Å². The highest BCUT2D eigenvalue weighted by molar-refractivity contribution is 14.0. The zero-order valence-electron chi connectivity index (χ0n) is 11.2. The molecule has 102 valence electrons. The van der Waals surface area contributed by atoms with Crippen LogP contribution in [0.2, 0.25) is 0 Å². The summed E-state index contributed by atoms with van der Waals surface area (Å²) in [6.07, 6.45) is 9.70. The topological polar surface area (TPSA) is 50.4 Å². The quantitative estimate of drug-likeness (QED) is 0.333. The number of nitrogens with one attached hydrogen (secondary N) is 1. The van der Waals surface area contributed by atoms with Crippen LogP contribution in [-0.4, -0.2) is 18.5 Å². The third-order valence-electron chi connectivity index (χ3n) is 3.21. The van der Waals surface area contributed by atoms with Gasteiger partial charge in [0, 0.05) is 12.6 Å². The first-order chi connectivity index (χ1) is 7.68. The van der Waals surface area contributed by atoms with E-state index in [2.05, 4.69) is 24.2 Å². The normalized spacial score (nSPS) is 17.2. The summed E-state index contributed by atoms with van der Waals surface area (Å²) in [5.41, 5.74) is 5.72. The van der Waals surface area contributed by atoms with Crippen LogP contribution in [0.5, 0.6) is 0 Å². The minimum atomic E-state index is 0. The number of hydrogen-bond acceptors (Lipinski definition) is 1. The molecule has 0 radical (unpaired) electrons. The van der Waals surface area contributed by atoms with Crippen LogP contribution in [-0.2, 0) is 0 Å². The Morgan fingerprint density at radius 3 is 2.53 bits per heavy atom. The lowest BCUT2D eigenvalue weighted by molar-refractivity contribution is 0.476. The molecule has 17 heavy (non-hydrogen) atoms. The number of guanidine groups is 1. The van der Waals surface area contributed by atoms with Crippen LogP contribution in [0.3, 0.4) is 0 Å². The minimum absolute atomic E-state index is 0. The van der Waals surface area contributed by atoms with Gasteiger partial charge in [-0.05, 0) is 26.2 Å². The molecular formula is C13H28IN3.